The van der Waals surface area contributed by atoms with E-state index in [0.717, 1.165) is 18.2 Å². The fourth-order valence-corrected chi connectivity index (χ4v) is 2.14. The van der Waals surface area contributed by atoms with Crippen LogP contribution in [-0.4, -0.2) is 17.1 Å². The highest BCUT2D eigenvalue weighted by molar-refractivity contribution is 5.94. The highest BCUT2D eigenvalue weighted by Gasteiger charge is 2.55. The molecule has 0 fully saturated rings. The molecule has 1 N–H and O–H groups in total. The minimum atomic E-state index is -4.95. The summed E-state index contributed by atoms with van der Waals surface area (Å²) in [5.41, 5.74) is -2.86. The van der Waals surface area contributed by atoms with Crippen molar-refractivity contribution in [3.05, 3.63) is 77.9 Å². The van der Waals surface area contributed by atoms with Gasteiger partial charge in [-0.15, -0.1) is 0 Å². The maximum Gasteiger partial charge on any atom is 0.421 e. The maximum absolute atomic E-state index is 13.3. The molecule has 0 saturated heterocycles. The largest absolute Gasteiger partial charge is 0.421 e. The van der Waals surface area contributed by atoms with Gasteiger partial charge in [-0.1, -0.05) is 66.7 Å². The van der Waals surface area contributed by atoms with Crippen molar-refractivity contribution < 1.29 is 23.1 Å². The molecule has 2 rings (SSSR count). The van der Waals surface area contributed by atoms with Crippen molar-refractivity contribution in [3.8, 4) is 0 Å². The first-order chi connectivity index (χ1) is 10.8. The minimum absolute atomic E-state index is 0.353. The zero-order valence-electron chi connectivity index (χ0n) is 12.1. The van der Waals surface area contributed by atoms with E-state index >= 15 is 0 Å². The van der Waals surface area contributed by atoms with Gasteiger partial charge in [0.15, 0.2) is 11.4 Å². The van der Waals surface area contributed by atoms with Crippen LogP contribution >= 0.6 is 0 Å². The molecule has 2 nitrogen and oxygen atoms in total. The van der Waals surface area contributed by atoms with E-state index < -0.39 is 24.0 Å². The predicted molar refractivity (Wildman–Crippen MR) is 81.5 cm³/mol. The molecular formula is C18H15F3O2. The molecule has 1 unspecified atom stereocenters. The monoisotopic (exact) mass is 320 g/mol. The van der Waals surface area contributed by atoms with Crippen LogP contribution in [0.5, 0.6) is 0 Å². The number of benzene rings is 2. The van der Waals surface area contributed by atoms with Crippen molar-refractivity contribution in [1.82, 2.24) is 0 Å². The van der Waals surface area contributed by atoms with E-state index in [-0.39, 0.29) is 5.56 Å². The van der Waals surface area contributed by atoms with Crippen molar-refractivity contribution in [2.24, 2.45) is 0 Å². The molecule has 2 aromatic carbocycles. The zero-order valence-corrected chi connectivity index (χ0v) is 12.1. The van der Waals surface area contributed by atoms with Crippen LogP contribution in [0.25, 0.3) is 6.08 Å². The van der Waals surface area contributed by atoms with Gasteiger partial charge in [0.05, 0.1) is 6.42 Å². The Labute approximate surface area is 131 Å². The summed E-state index contributed by atoms with van der Waals surface area (Å²) < 4.78 is 39.9. The number of carbonyl (C=O) groups excluding carboxylic acids is 1. The van der Waals surface area contributed by atoms with Gasteiger partial charge in [0.25, 0.3) is 0 Å². The standard InChI is InChI=1S/C18H15F3O2/c19-18(20,21)17(23,15-9-5-2-6-10-15)13-16(22)12-11-14-7-3-1-4-8-14/h1-12,23H,13H2/b12-11+. The van der Waals surface area contributed by atoms with Gasteiger partial charge in [-0.2, -0.15) is 13.2 Å². The molecule has 0 amide bonds. The normalized spacial score (nSPS) is 14.6. The summed E-state index contributed by atoms with van der Waals surface area (Å²) in [6.45, 7) is 0. The average Bonchev–Trinajstić information content (AvgIpc) is 2.53. The fourth-order valence-electron chi connectivity index (χ4n) is 2.14. The molecule has 0 radical (unpaired) electrons. The third-order valence-corrected chi connectivity index (χ3v) is 3.41. The van der Waals surface area contributed by atoms with Crippen molar-refractivity contribution >= 4 is 11.9 Å². The zero-order chi connectivity index (χ0) is 16.9. The Morgan fingerprint density at radius 1 is 0.957 bits per heavy atom. The molecule has 0 aliphatic heterocycles. The molecule has 0 bridgehead atoms. The topological polar surface area (TPSA) is 37.3 Å². The summed E-state index contributed by atoms with van der Waals surface area (Å²) in [7, 11) is 0. The number of halogens is 3. The Bertz CT molecular complexity index is 678. The Hall–Kier alpha value is -2.40. The molecule has 5 heteroatoms. The van der Waals surface area contributed by atoms with Gasteiger partial charge in [-0.25, -0.2) is 0 Å². The predicted octanol–water partition coefficient (Wildman–Crippen LogP) is 4.11. The number of ketones is 1. The molecule has 0 aliphatic rings. The van der Waals surface area contributed by atoms with Gasteiger partial charge >= 0.3 is 6.18 Å². The lowest BCUT2D eigenvalue weighted by molar-refractivity contribution is -0.266. The summed E-state index contributed by atoms with van der Waals surface area (Å²) in [5, 5.41) is 10.1. The Morgan fingerprint density at radius 2 is 1.48 bits per heavy atom. The SMILES string of the molecule is O=C(/C=C/c1ccccc1)CC(O)(c1ccccc1)C(F)(F)F. The first-order valence-electron chi connectivity index (χ1n) is 6.93. The summed E-state index contributed by atoms with van der Waals surface area (Å²) in [4.78, 5) is 11.9. The molecule has 0 spiro atoms. The van der Waals surface area contributed by atoms with Crippen molar-refractivity contribution in [1.29, 1.82) is 0 Å². The average molecular weight is 320 g/mol. The number of rotatable bonds is 5. The lowest BCUT2D eigenvalue weighted by atomic mass is 9.87. The molecular weight excluding hydrogens is 305 g/mol. The quantitative estimate of drug-likeness (QED) is 0.842. The van der Waals surface area contributed by atoms with Crippen LogP contribution in [0.3, 0.4) is 0 Å². The lowest BCUT2D eigenvalue weighted by Gasteiger charge is -2.30. The van der Waals surface area contributed by atoms with Crippen LogP contribution < -0.4 is 0 Å². The van der Waals surface area contributed by atoms with E-state index in [1.807, 2.05) is 0 Å². The van der Waals surface area contributed by atoms with Gasteiger partial charge in [-0.05, 0) is 17.2 Å². The molecule has 2 aromatic rings. The van der Waals surface area contributed by atoms with Crippen LogP contribution in [0.15, 0.2) is 66.7 Å². The smallest absolute Gasteiger partial charge is 0.376 e. The van der Waals surface area contributed by atoms with Crippen LogP contribution in [0.4, 0.5) is 13.2 Å². The molecule has 120 valence electrons. The molecule has 23 heavy (non-hydrogen) atoms. The first kappa shape index (κ1) is 17.0. The van der Waals surface area contributed by atoms with E-state index in [9.17, 15) is 23.1 Å². The molecule has 0 aromatic heterocycles. The van der Waals surface area contributed by atoms with Gasteiger partial charge in [0, 0.05) is 0 Å². The molecule has 0 heterocycles. The number of aliphatic hydroxyl groups is 1. The Kier molecular flexibility index (Phi) is 5.01. The third-order valence-electron chi connectivity index (χ3n) is 3.41. The minimum Gasteiger partial charge on any atom is -0.376 e. The van der Waals surface area contributed by atoms with Gasteiger partial charge < -0.3 is 5.11 Å². The van der Waals surface area contributed by atoms with Crippen LogP contribution in [0, 0.1) is 0 Å². The number of hydrogen-bond acceptors (Lipinski definition) is 2. The summed E-state index contributed by atoms with van der Waals surface area (Å²) in [5.74, 6) is -0.808. The van der Waals surface area contributed by atoms with Gasteiger partial charge in [0.1, 0.15) is 0 Å². The number of alkyl halides is 3. The third kappa shape index (κ3) is 4.07. The second kappa shape index (κ2) is 6.79. The van der Waals surface area contributed by atoms with Crippen molar-refractivity contribution in [3.63, 3.8) is 0 Å². The van der Waals surface area contributed by atoms with Crippen molar-refractivity contribution in [2.75, 3.05) is 0 Å². The van der Waals surface area contributed by atoms with E-state index in [1.54, 1.807) is 30.3 Å². The number of hydrogen-bond donors (Lipinski definition) is 1. The molecule has 0 aliphatic carbocycles. The highest BCUT2D eigenvalue weighted by Crippen LogP contribution is 2.41. The van der Waals surface area contributed by atoms with Crippen LogP contribution in [0.2, 0.25) is 0 Å². The van der Waals surface area contributed by atoms with Crippen LogP contribution in [-0.2, 0) is 10.4 Å². The van der Waals surface area contributed by atoms with E-state index in [2.05, 4.69) is 0 Å². The first-order valence-corrected chi connectivity index (χ1v) is 6.93. The molecule has 1 atom stereocenters. The number of carbonyl (C=O) groups is 1. The molecule has 0 saturated carbocycles. The van der Waals surface area contributed by atoms with Crippen LogP contribution in [0.1, 0.15) is 17.5 Å². The fraction of sp³-hybridized carbons (Fsp3) is 0.167. The second-order valence-corrected chi connectivity index (χ2v) is 5.11. The Morgan fingerprint density at radius 3 is 2.00 bits per heavy atom. The lowest BCUT2D eigenvalue weighted by Crippen LogP contribution is -2.43. The number of allylic oxidation sites excluding steroid dienone is 1. The summed E-state index contributed by atoms with van der Waals surface area (Å²) >= 11 is 0. The Balaban J connectivity index is 2.22. The van der Waals surface area contributed by atoms with E-state index in [1.165, 1.54) is 24.3 Å². The van der Waals surface area contributed by atoms with E-state index in [0.29, 0.717) is 5.56 Å². The van der Waals surface area contributed by atoms with Gasteiger partial charge in [0.2, 0.25) is 0 Å². The second-order valence-electron chi connectivity index (χ2n) is 5.11. The van der Waals surface area contributed by atoms with Gasteiger partial charge in [-0.3, -0.25) is 4.79 Å². The summed E-state index contributed by atoms with van der Waals surface area (Å²) in [6.07, 6.45) is -3.55. The van der Waals surface area contributed by atoms with E-state index in [4.69, 9.17) is 0 Å². The summed E-state index contributed by atoms with van der Waals surface area (Å²) in [6, 6.07) is 15.3. The van der Waals surface area contributed by atoms with Crippen molar-refractivity contribution in [2.45, 2.75) is 18.2 Å². The highest BCUT2D eigenvalue weighted by atomic mass is 19.4. The maximum atomic E-state index is 13.3.